The second kappa shape index (κ2) is 8.23. The molecule has 0 spiro atoms. The molecule has 1 heterocycles. The van der Waals surface area contributed by atoms with E-state index in [1.54, 1.807) is 12.1 Å². The number of carbonyl (C=O) groups is 1. The molecule has 0 saturated carbocycles. The summed E-state index contributed by atoms with van der Waals surface area (Å²) in [6, 6.07) is 15.4. The van der Waals surface area contributed by atoms with E-state index in [4.69, 9.17) is 0 Å². The largest absolute Gasteiger partial charge is 0.508 e. The highest BCUT2D eigenvalue weighted by atomic mass is 16.3. The summed E-state index contributed by atoms with van der Waals surface area (Å²) in [6.07, 6.45) is 0. The van der Waals surface area contributed by atoms with Crippen molar-refractivity contribution in [2.24, 2.45) is 0 Å². The van der Waals surface area contributed by atoms with Crippen LogP contribution in [0.2, 0.25) is 0 Å². The van der Waals surface area contributed by atoms with Gasteiger partial charge in [0.1, 0.15) is 5.75 Å². The summed E-state index contributed by atoms with van der Waals surface area (Å²) in [5, 5.41) is 12.4. The lowest BCUT2D eigenvalue weighted by Crippen LogP contribution is -2.53. The van der Waals surface area contributed by atoms with Gasteiger partial charge in [0.25, 0.3) is 0 Å². The molecule has 0 unspecified atom stereocenters. The van der Waals surface area contributed by atoms with E-state index in [-0.39, 0.29) is 17.7 Å². The van der Waals surface area contributed by atoms with Crippen molar-refractivity contribution in [3.63, 3.8) is 0 Å². The van der Waals surface area contributed by atoms with E-state index in [9.17, 15) is 9.90 Å². The molecule has 1 atom stereocenters. The third kappa shape index (κ3) is 4.55. The number of hydrogen-bond acceptors (Lipinski definition) is 4. The van der Waals surface area contributed by atoms with Gasteiger partial charge in [-0.3, -0.25) is 9.69 Å². The monoisotopic (exact) mass is 353 g/mol. The van der Waals surface area contributed by atoms with Gasteiger partial charge in [0.2, 0.25) is 5.91 Å². The predicted molar refractivity (Wildman–Crippen MR) is 104 cm³/mol. The summed E-state index contributed by atoms with van der Waals surface area (Å²) in [6.45, 7) is 8.04. The Morgan fingerprint density at radius 3 is 2.27 bits per heavy atom. The molecule has 5 heteroatoms. The number of piperazine rings is 1. The lowest BCUT2D eigenvalue weighted by molar-refractivity contribution is -0.126. The summed E-state index contributed by atoms with van der Waals surface area (Å²) < 4.78 is 0. The second-order valence-corrected chi connectivity index (χ2v) is 6.92. The minimum absolute atomic E-state index is 0.0728. The van der Waals surface area contributed by atoms with Gasteiger partial charge < -0.3 is 15.3 Å². The molecule has 2 aromatic rings. The molecule has 138 valence electrons. The van der Waals surface area contributed by atoms with Crippen molar-refractivity contribution in [1.82, 2.24) is 10.2 Å². The molecule has 1 amide bonds. The Kier molecular flexibility index (Phi) is 5.78. The first-order chi connectivity index (χ1) is 12.5. The summed E-state index contributed by atoms with van der Waals surface area (Å²) >= 11 is 0. The average molecular weight is 353 g/mol. The number of phenols is 1. The number of rotatable bonds is 5. The first kappa shape index (κ1) is 18.3. The van der Waals surface area contributed by atoms with E-state index in [1.165, 1.54) is 5.56 Å². The Balaban J connectivity index is 1.48. The van der Waals surface area contributed by atoms with Gasteiger partial charge in [0.05, 0.1) is 6.04 Å². The summed E-state index contributed by atoms with van der Waals surface area (Å²) in [7, 11) is 0. The summed E-state index contributed by atoms with van der Waals surface area (Å²) in [4.78, 5) is 17.0. The number of aromatic hydroxyl groups is 1. The van der Waals surface area contributed by atoms with E-state index in [1.807, 2.05) is 19.1 Å². The van der Waals surface area contributed by atoms with Crippen LogP contribution in [-0.2, 0) is 11.3 Å². The molecule has 0 aliphatic carbocycles. The van der Waals surface area contributed by atoms with Crippen LogP contribution in [0.25, 0.3) is 0 Å². The van der Waals surface area contributed by atoms with Crippen LogP contribution in [0.5, 0.6) is 5.75 Å². The van der Waals surface area contributed by atoms with Crippen LogP contribution in [0, 0.1) is 6.92 Å². The predicted octanol–water partition coefficient (Wildman–Crippen LogP) is 2.53. The quantitative estimate of drug-likeness (QED) is 0.867. The highest BCUT2D eigenvalue weighted by Crippen LogP contribution is 2.20. The van der Waals surface area contributed by atoms with Crippen molar-refractivity contribution >= 4 is 11.6 Å². The Morgan fingerprint density at radius 2 is 1.65 bits per heavy atom. The topological polar surface area (TPSA) is 55.8 Å². The summed E-state index contributed by atoms with van der Waals surface area (Å²) in [5.74, 6) is 0.356. The number of anilines is 1. The zero-order valence-electron chi connectivity index (χ0n) is 15.5. The molecule has 0 radical (unpaired) electrons. The first-order valence-electron chi connectivity index (χ1n) is 9.14. The van der Waals surface area contributed by atoms with Gasteiger partial charge in [-0.2, -0.15) is 0 Å². The van der Waals surface area contributed by atoms with Gasteiger partial charge in [0.15, 0.2) is 0 Å². The van der Waals surface area contributed by atoms with E-state index in [0.29, 0.717) is 6.54 Å². The number of benzene rings is 2. The molecule has 1 saturated heterocycles. The Hall–Kier alpha value is -2.53. The molecular formula is C21H27N3O2. The Morgan fingerprint density at radius 1 is 1.04 bits per heavy atom. The number of nitrogens with zero attached hydrogens (tertiary/aromatic N) is 2. The zero-order valence-corrected chi connectivity index (χ0v) is 15.5. The standard InChI is InChI=1S/C21H27N3O2/c1-16-3-5-18(6-4-16)15-22-21(26)17(2)23-11-13-24(14-12-23)19-7-9-20(25)10-8-19/h3-10,17,25H,11-15H2,1-2H3,(H,22,26)/t17-/m0/s1. The average Bonchev–Trinajstić information content (AvgIpc) is 2.67. The molecule has 3 rings (SSSR count). The fourth-order valence-electron chi connectivity index (χ4n) is 3.24. The molecule has 26 heavy (non-hydrogen) atoms. The van der Waals surface area contributed by atoms with Crippen LogP contribution in [0.4, 0.5) is 5.69 Å². The molecule has 2 aromatic carbocycles. The normalized spacial score (nSPS) is 16.3. The van der Waals surface area contributed by atoms with Gasteiger partial charge in [-0.1, -0.05) is 29.8 Å². The number of nitrogens with one attached hydrogen (secondary N) is 1. The molecule has 1 fully saturated rings. The van der Waals surface area contributed by atoms with Crippen LogP contribution in [0.3, 0.4) is 0 Å². The van der Waals surface area contributed by atoms with E-state index >= 15 is 0 Å². The van der Waals surface area contributed by atoms with Crippen LogP contribution >= 0.6 is 0 Å². The first-order valence-corrected chi connectivity index (χ1v) is 9.14. The highest BCUT2D eigenvalue weighted by molar-refractivity contribution is 5.81. The van der Waals surface area contributed by atoms with Gasteiger partial charge in [0, 0.05) is 38.4 Å². The summed E-state index contributed by atoms with van der Waals surface area (Å²) in [5.41, 5.74) is 3.45. The van der Waals surface area contributed by atoms with Crippen LogP contribution < -0.4 is 10.2 Å². The van der Waals surface area contributed by atoms with Crippen LogP contribution in [0.15, 0.2) is 48.5 Å². The number of phenolic OH excluding ortho intramolecular Hbond substituents is 1. The molecule has 1 aliphatic rings. The van der Waals surface area contributed by atoms with Crippen molar-refractivity contribution in [3.05, 3.63) is 59.7 Å². The lowest BCUT2D eigenvalue weighted by Gasteiger charge is -2.38. The highest BCUT2D eigenvalue weighted by Gasteiger charge is 2.25. The molecule has 1 aliphatic heterocycles. The fourth-order valence-corrected chi connectivity index (χ4v) is 3.24. The number of hydrogen-bond donors (Lipinski definition) is 2. The molecule has 0 aromatic heterocycles. The maximum absolute atomic E-state index is 12.5. The number of amides is 1. The van der Waals surface area contributed by atoms with Crippen molar-refractivity contribution < 1.29 is 9.90 Å². The van der Waals surface area contributed by atoms with Crippen molar-refractivity contribution in [3.8, 4) is 5.75 Å². The van der Waals surface area contributed by atoms with Crippen molar-refractivity contribution in [2.45, 2.75) is 26.4 Å². The maximum Gasteiger partial charge on any atom is 0.237 e. The van der Waals surface area contributed by atoms with Crippen molar-refractivity contribution in [2.75, 3.05) is 31.1 Å². The van der Waals surface area contributed by atoms with Crippen LogP contribution in [-0.4, -0.2) is 48.1 Å². The minimum atomic E-state index is -0.137. The van der Waals surface area contributed by atoms with E-state index < -0.39 is 0 Å². The Bertz CT molecular complexity index is 720. The molecule has 2 N–H and O–H groups in total. The van der Waals surface area contributed by atoms with E-state index in [2.05, 4.69) is 46.3 Å². The lowest BCUT2D eigenvalue weighted by atomic mass is 10.1. The number of carbonyl (C=O) groups excluding carboxylic acids is 1. The van der Waals surface area contributed by atoms with Crippen molar-refractivity contribution in [1.29, 1.82) is 0 Å². The molecule has 0 bridgehead atoms. The van der Waals surface area contributed by atoms with Gasteiger partial charge in [-0.15, -0.1) is 0 Å². The van der Waals surface area contributed by atoms with Crippen LogP contribution in [0.1, 0.15) is 18.1 Å². The molecule has 5 nitrogen and oxygen atoms in total. The zero-order chi connectivity index (χ0) is 18.5. The number of aryl methyl sites for hydroxylation is 1. The van der Waals surface area contributed by atoms with E-state index in [0.717, 1.165) is 37.4 Å². The maximum atomic E-state index is 12.5. The fraction of sp³-hybridized carbons (Fsp3) is 0.381. The minimum Gasteiger partial charge on any atom is -0.508 e. The Labute approximate surface area is 155 Å². The SMILES string of the molecule is Cc1ccc(CNC(=O)[C@H](C)N2CCN(c3ccc(O)cc3)CC2)cc1. The third-order valence-electron chi connectivity index (χ3n) is 5.04. The van der Waals surface area contributed by atoms with Gasteiger partial charge in [-0.05, 0) is 43.7 Å². The van der Waals surface area contributed by atoms with Gasteiger partial charge in [-0.25, -0.2) is 0 Å². The molecular weight excluding hydrogens is 326 g/mol. The third-order valence-corrected chi connectivity index (χ3v) is 5.04. The second-order valence-electron chi connectivity index (χ2n) is 6.92. The van der Waals surface area contributed by atoms with Gasteiger partial charge >= 0.3 is 0 Å². The smallest absolute Gasteiger partial charge is 0.237 e.